The topological polar surface area (TPSA) is 63.3 Å². The molecular formula is C8H8Br3GeNO2. The molecule has 0 fully saturated rings. The fourth-order valence-corrected chi connectivity index (χ4v) is 9.36. The van der Waals surface area contributed by atoms with Crippen molar-refractivity contribution in [2.75, 3.05) is 0 Å². The van der Waals surface area contributed by atoms with Gasteiger partial charge < -0.3 is 0 Å². The molecule has 0 saturated heterocycles. The number of hydrogen-bond donors (Lipinski definition) is 2. The van der Waals surface area contributed by atoms with E-state index < -0.39 is 18.1 Å². The van der Waals surface area contributed by atoms with E-state index in [-0.39, 0.29) is 0 Å². The maximum absolute atomic E-state index is 11.4. The second-order valence-electron chi connectivity index (χ2n) is 2.94. The Hall–Kier alpha value is 0.633. The van der Waals surface area contributed by atoms with Gasteiger partial charge in [0.05, 0.1) is 0 Å². The summed E-state index contributed by atoms with van der Waals surface area (Å²) in [6.45, 7) is 0. The molecule has 0 aliphatic carbocycles. The van der Waals surface area contributed by atoms with Crippen molar-refractivity contribution in [2.45, 2.75) is 4.43 Å². The van der Waals surface area contributed by atoms with E-state index in [1.807, 2.05) is 0 Å². The minimum atomic E-state index is -3.22. The third-order valence-corrected chi connectivity index (χ3v) is 13.7. The van der Waals surface area contributed by atoms with Gasteiger partial charge in [0, 0.05) is 0 Å². The van der Waals surface area contributed by atoms with Gasteiger partial charge >= 0.3 is 112 Å². The van der Waals surface area contributed by atoms with Crippen LogP contribution in [0.1, 0.15) is 5.56 Å². The normalized spacial score (nSPS) is 15.7. The summed E-state index contributed by atoms with van der Waals surface area (Å²) in [5, 5.41) is 10.4. The third kappa shape index (κ3) is 2.66. The van der Waals surface area contributed by atoms with E-state index in [4.69, 9.17) is 5.73 Å². The zero-order valence-corrected chi connectivity index (χ0v) is 14.3. The van der Waals surface area contributed by atoms with Gasteiger partial charge in [0.25, 0.3) is 0 Å². The van der Waals surface area contributed by atoms with Crippen LogP contribution in [-0.2, 0) is 9.23 Å². The Morgan fingerprint density at radius 3 is 2.07 bits per heavy atom. The quantitative estimate of drug-likeness (QED) is 0.676. The van der Waals surface area contributed by atoms with Gasteiger partial charge in [-0.2, -0.15) is 0 Å². The van der Waals surface area contributed by atoms with Crippen LogP contribution in [0.4, 0.5) is 0 Å². The van der Waals surface area contributed by atoms with Gasteiger partial charge in [-0.15, -0.1) is 0 Å². The number of amides is 1. The molecule has 0 aliphatic heterocycles. The predicted octanol–water partition coefficient (Wildman–Crippen LogP) is 2.02. The Morgan fingerprint density at radius 1 is 1.27 bits per heavy atom. The Bertz CT molecular complexity index is 368. The molecule has 3 N–H and O–H groups in total. The van der Waals surface area contributed by atoms with Crippen molar-refractivity contribution in [3.05, 3.63) is 35.9 Å². The molecule has 1 atom stereocenters. The Kier molecular flexibility index (Phi) is 4.45. The molecule has 0 aliphatic rings. The first-order valence-corrected chi connectivity index (χ1v) is 19.7. The van der Waals surface area contributed by atoms with Crippen molar-refractivity contribution in [3.8, 4) is 0 Å². The zero-order valence-electron chi connectivity index (χ0n) is 7.45. The molecule has 1 aromatic rings. The molecule has 0 aromatic heterocycles. The van der Waals surface area contributed by atoms with Crippen molar-refractivity contribution in [3.63, 3.8) is 0 Å². The van der Waals surface area contributed by atoms with Gasteiger partial charge in [0.2, 0.25) is 0 Å². The van der Waals surface area contributed by atoms with Crippen molar-refractivity contribution in [2.24, 2.45) is 5.73 Å². The van der Waals surface area contributed by atoms with E-state index >= 15 is 0 Å². The SMILES string of the molecule is NC(=O)[C](O)(c1ccccc1)[Ge]([Br])([Br])[Br]. The van der Waals surface area contributed by atoms with Crippen LogP contribution in [0.15, 0.2) is 30.3 Å². The number of rotatable bonds is 3. The first-order valence-electron chi connectivity index (χ1n) is 3.94. The standard InChI is InChI=1S/C8H8Br3GeNO2/c9-12(10,11)8(15,7(13)14)6-4-2-1-3-5-6/h1-5,15H,(H2,13,14). The average Bonchev–Trinajstić information content (AvgIpc) is 2.16. The number of carbonyl (C=O) groups excluding carboxylic acids is 1. The molecule has 0 radical (unpaired) electrons. The van der Waals surface area contributed by atoms with Gasteiger partial charge in [0.15, 0.2) is 0 Å². The summed E-state index contributed by atoms with van der Waals surface area (Å²) in [5.74, 6) is -0.778. The van der Waals surface area contributed by atoms with Gasteiger partial charge in [-0.3, -0.25) is 0 Å². The molecule has 0 saturated carbocycles. The molecule has 0 bridgehead atoms. The fourth-order valence-electron chi connectivity index (χ4n) is 1.12. The van der Waals surface area contributed by atoms with Crippen LogP contribution in [0, 0.1) is 0 Å². The van der Waals surface area contributed by atoms with Crippen LogP contribution in [0.25, 0.3) is 0 Å². The number of benzene rings is 1. The van der Waals surface area contributed by atoms with Crippen LogP contribution in [-0.4, -0.2) is 18.8 Å². The second kappa shape index (κ2) is 4.87. The molecule has 0 spiro atoms. The van der Waals surface area contributed by atoms with Gasteiger partial charge in [-0.25, -0.2) is 0 Å². The molecule has 82 valence electrons. The number of halogens is 3. The molecule has 1 amide bonds. The monoisotopic (exact) mass is 461 g/mol. The van der Waals surface area contributed by atoms with Gasteiger partial charge in [-0.1, -0.05) is 0 Å². The van der Waals surface area contributed by atoms with Crippen molar-refractivity contribution in [1.82, 2.24) is 0 Å². The van der Waals surface area contributed by atoms with Crippen LogP contribution in [0.5, 0.6) is 0 Å². The van der Waals surface area contributed by atoms with Crippen molar-refractivity contribution >= 4 is 55.7 Å². The number of carbonyl (C=O) groups is 1. The first-order chi connectivity index (χ1) is 6.80. The Balaban J connectivity index is 3.32. The van der Waals surface area contributed by atoms with E-state index in [1.54, 1.807) is 30.3 Å². The summed E-state index contributed by atoms with van der Waals surface area (Å²) < 4.78 is -1.69. The molecule has 3 nitrogen and oxygen atoms in total. The summed E-state index contributed by atoms with van der Waals surface area (Å²) in [5.41, 5.74) is 5.73. The third-order valence-electron chi connectivity index (χ3n) is 1.96. The molecule has 1 aromatic carbocycles. The van der Waals surface area contributed by atoms with Crippen LogP contribution in [0.2, 0.25) is 0 Å². The number of aliphatic hydroxyl groups is 1. The van der Waals surface area contributed by atoms with Crippen molar-refractivity contribution < 1.29 is 9.90 Å². The van der Waals surface area contributed by atoms with Gasteiger partial charge in [-0.05, 0) is 0 Å². The molecular weight excluding hydrogens is 454 g/mol. The Labute approximate surface area is 111 Å². The molecule has 15 heavy (non-hydrogen) atoms. The summed E-state index contributed by atoms with van der Waals surface area (Å²) in [7, 11) is -3.22. The van der Waals surface area contributed by atoms with Crippen molar-refractivity contribution in [1.29, 1.82) is 0 Å². The predicted molar refractivity (Wildman–Crippen MR) is 72.1 cm³/mol. The van der Waals surface area contributed by atoms with E-state index in [2.05, 4.69) is 42.0 Å². The van der Waals surface area contributed by atoms with E-state index in [0.717, 1.165) is 0 Å². The maximum atomic E-state index is 11.4. The van der Waals surface area contributed by atoms with Gasteiger partial charge in [0.1, 0.15) is 0 Å². The van der Waals surface area contributed by atoms with E-state index in [0.29, 0.717) is 5.56 Å². The number of nitrogens with two attached hydrogens (primary N) is 1. The average molecular weight is 462 g/mol. The zero-order chi connectivity index (χ0) is 11.7. The summed E-state index contributed by atoms with van der Waals surface area (Å²) >= 11 is 9.93. The van der Waals surface area contributed by atoms with Crippen LogP contribution < -0.4 is 5.73 Å². The van der Waals surface area contributed by atoms with Crippen LogP contribution >= 0.6 is 42.0 Å². The van der Waals surface area contributed by atoms with E-state index in [9.17, 15) is 9.90 Å². The number of hydrogen-bond acceptors (Lipinski definition) is 2. The first kappa shape index (κ1) is 13.7. The summed E-state index contributed by atoms with van der Waals surface area (Å²) in [4.78, 5) is 11.4. The Morgan fingerprint density at radius 2 is 1.73 bits per heavy atom. The molecule has 1 unspecified atom stereocenters. The van der Waals surface area contributed by atoms with E-state index in [1.165, 1.54) is 0 Å². The van der Waals surface area contributed by atoms with Crippen LogP contribution in [0.3, 0.4) is 0 Å². The second-order valence-corrected chi connectivity index (χ2v) is 41.7. The molecule has 7 heteroatoms. The number of primary amides is 1. The molecule has 0 heterocycles. The molecule has 1 rings (SSSR count). The fraction of sp³-hybridized carbons (Fsp3) is 0.125. The summed E-state index contributed by atoms with van der Waals surface area (Å²) in [6.07, 6.45) is 0. The summed E-state index contributed by atoms with van der Waals surface area (Å²) in [6, 6.07) is 8.60. The minimum absolute atomic E-state index is 0.475.